The van der Waals surface area contributed by atoms with E-state index in [1.807, 2.05) is 18.2 Å². The quantitative estimate of drug-likeness (QED) is 0.247. The zero-order chi connectivity index (χ0) is 20.3. The first-order valence-electron chi connectivity index (χ1n) is 8.48. The van der Waals surface area contributed by atoms with Crippen LogP contribution in [0, 0.1) is 3.57 Å². The monoisotopic (exact) mass is 545 g/mol. The van der Waals surface area contributed by atoms with Gasteiger partial charge in [0.15, 0.2) is 15.8 Å². The Morgan fingerprint density at radius 1 is 1.29 bits per heavy atom. The van der Waals surface area contributed by atoms with Crippen molar-refractivity contribution in [3.63, 3.8) is 0 Å². The molecule has 1 amide bonds. The number of benzene rings is 2. The highest BCUT2D eigenvalue weighted by atomic mass is 127. The predicted octanol–water partition coefficient (Wildman–Crippen LogP) is 6.15. The van der Waals surface area contributed by atoms with Crippen molar-refractivity contribution in [2.45, 2.75) is 13.3 Å². The Labute approximate surface area is 192 Å². The van der Waals surface area contributed by atoms with Crippen molar-refractivity contribution in [3.8, 4) is 11.5 Å². The van der Waals surface area contributed by atoms with Crippen LogP contribution < -0.4 is 14.4 Å². The Morgan fingerprint density at radius 2 is 2.00 bits per heavy atom. The van der Waals surface area contributed by atoms with Gasteiger partial charge in [-0.25, -0.2) is 0 Å². The molecule has 8 heteroatoms. The van der Waals surface area contributed by atoms with Gasteiger partial charge < -0.3 is 9.47 Å². The molecule has 1 saturated heterocycles. The standard InChI is InChI=1S/C20H17ClINO3S2/c1-3-8-26-18-15(22)9-12(10-16(18)25-2)11-17-19(24)23(20(27)28-17)14-6-4-13(21)5-7-14/h4-7,9-11H,3,8H2,1-2H3/b17-11+. The summed E-state index contributed by atoms with van der Waals surface area (Å²) in [6.07, 6.45) is 2.73. The fraction of sp³-hybridized carbons (Fsp3) is 0.200. The van der Waals surface area contributed by atoms with Gasteiger partial charge in [-0.05, 0) is 77.0 Å². The second kappa shape index (κ2) is 9.47. The molecule has 1 heterocycles. The molecule has 0 radical (unpaired) electrons. The molecule has 0 saturated carbocycles. The Kier molecular flexibility index (Phi) is 7.25. The van der Waals surface area contributed by atoms with Crippen LogP contribution in [0.3, 0.4) is 0 Å². The van der Waals surface area contributed by atoms with E-state index in [4.69, 9.17) is 33.3 Å². The lowest BCUT2D eigenvalue weighted by molar-refractivity contribution is -0.113. The highest BCUT2D eigenvalue weighted by Crippen LogP contribution is 2.39. The molecule has 0 N–H and O–H groups in total. The maximum Gasteiger partial charge on any atom is 0.270 e. The number of carbonyl (C=O) groups is 1. The Morgan fingerprint density at radius 3 is 2.64 bits per heavy atom. The minimum absolute atomic E-state index is 0.155. The molecule has 2 aromatic carbocycles. The highest BCUT2D eigenvalue weighted by molar-refractivity contribution is 14.1. The van der Waals surface area contributed by atoms with Gasteiger partial charge in [-0.15, -0.1) is 0 Å². The number of carbonyl (C=O) groups excluding carboxylic acids is 1. The first-order valence-corrected chi connectivity index (χ1v) is 11.2. The second-order valence-corrected chi connectivity index (χ2v) is 9.15. The van der Waals surface area contributed by atoms with Crippen LogP contribution in [-0.4, -0.2) is 23.9 Å². The van der Waals surface area contributed by atoms with E-state index in [-0.39, 0.29) is 5.91 Å². The summed E-state index contributed by atoms with van der Waals surface area (Å²) in [6, 6.07) is 10.9. The van der Waals surface area contributed by atoms with Crippen molar-refractivity contribution in [2.24, 2.45) is 0 Å². The molecule has 2 aromatic rings. The fourth-order valence-corrected chi connectivity index (χ4v) is 4.81. The summed E-state index contributed by atoms with van der Waals surface area (Å²) in [7, 11) is 1.61. The van der Waals surface area contributed by atoms with Crippen molar-refractivity contribution < 1.29 is 14.3 Å². The van der Waals surface area contributed by atoms with E-state index in [2.05, 4.69) is 29.5 Å². The van der Waals surface area contributed by atoms with Crippen LogP contribution in [0.1, 0.15) is 18.9 Å². The summed E-state index contributed by atoms with van der Waals surface area (Å²) < 4.78 is 12.7. The van der Waals surface area contributed by atoms with Crippen LogP contribution in [0.5, 0.6) is 11.5 Å². The summed E-state index contributed by atoms with van der Waals surface area (Å²) in [6.45, 7) is 2.67. The van der Waals surface area contributed by atoms with Gasteiger partial charge in [-0.1, -0.05) is 42.5 Å². The third-order valence-electron chi connectivity index (χ3n) is 3.88. The van der Waals surface area contributed by atoms with E-state index in [1.165, 1.54) is 16.7 Å². The van der Waals surface area contributed by atoms with Crippen molar-refractivity contribution in [1.29, 1.82) is 0 Å². The zero-order valence-corrected chi connectivity index (χ0v) is 19.7. The second-order valence-electron chi connectivity index (χ2n) is 5.88. The predicted molar refractivity (Wildman–Crippen MR) is 129 cm³/mol. The van der Waals surface area contributed by atoms with Crippen LogP contribution in [0.4, 0.5) is 5.69 Å². The normalized spacial score (nSPS) is 15.4. The number of anilines is 1. The molecule has 0 unspecified atom stereocenters. The maximum atomic E-state index is 12.9. The van der Waals surface area contributed by atoms with E-state index in [1.54, 1.807) is 31.4 Å². The summed E-state index contributed by atoms with van der Waals surface area (Å²) in [5, 5.41) is 0.608. The summed E-state index contributed by atoms with van der Waals surface area (Å²) in [5.74, 6) is 1.20. The molecule has 146 valence electrons. The number of methoxy groups -OCH3 is 1. The van der Waals surface area contributed by atoms with E-state index >= 15 is 0 Å². The maximum absolute atomic E-state index is 12.9. The van der Waals surface area contributed by atoms with Crippen LogP contribution in [0.25, 0.3) is 6.08 Å². The van der Waals surface area contributed by atoms with Gasteiger partial charge in [0.25, 0.3) is 5.91 Å². The summed E-state index contributed by atoms with van der Waals surface area (Å²) in [4.78, 5) is 15.0. The number of ether oxygens (including phenoxy) is 2. The minimum Gasteiger partial charge on any atom is -0.493 e. The molecular formula is C20H17ClINO3S2. The third-order valence-corrected chi connectivity index (χ3v) is 6.23. The molecule has 0 aliphatic carbocycles. The van der Waals surface area contributed by atoms with Crippen LogP contribution >= 0.6 is 58.2 Å². The zero-order valence-electron chi connectivity index (χ0n) is 15.2. The Hall–Kier alpha value is -1.29. The molecule has 1 fully saturated rings. The fourth-order valence-electron chi connectivity index (χ4n) is 2.60. The van der Waals surface area contributed by atoms with Crippen LogP contribution in [0.15, 0.2) is 41.3 Å². The van der Waals surface area contributed by atoms with Gasteiger partial charge in [0.05, 0.1) is 27.9 Å². The number of thiocarbonyl (C=S) groups is 1. The molecule has 4 nitrogen and oxygen atoms in total. The number of rotatable bonds is 6. The van der Waals surface area contributed by atoms with Crippen molar-refractivity contribution in [2.75, 3.05) is 18.6 Å². The largest absolute Gasteiger partial charge is 0.493 e. The molecule has 1 aliphatic heterocycles. The number of thioether (sulfide) groups is 1. The number of nitrogens with zero attached hydrogens (tertiary/aromatic N) is 1. The van der Waals surface area contributed by atoms with Crippen molar-refractivity contribution in [3.05, 3.63) is 55.5 Å². The molecule has 3 rings (SSSR count). The SMILES string of the molecule is CCCOc1c(I)cc(/C=C2/SC(=S)N(c3ccc(Cl)cc3)C2=O)cc1OC. The number of amides is 1. The van der Waals surface area contributed by atoms with Crippen molar-refractivity contribution >= 4 is 80.2 Å². The van der Waals surface area contributed by atoms with Crippen LogP contribution in [-0.2, 0) is 4.79 Å². The van der Waals surface area contributed by atoms with E-state index in [9.17, 15) is 4.79 Å². The van der Waals surface area contributed by atoms with Gasteiger partial charge in [0.2, 0.25) is 0 Å². The lowest BCUT2D eigenvalue weighted by Crippen LogP contribution is -2.27. The number of hydrogen-bond donors (Lipinski definition) is 0. The number of hydrogen-bond acceptors (Lipinski definition) is 5. The van der Waals surface area contributed by atoms with Crippen LogP contribution in [0.2, 0.25) is 5.02 Å². The average molecular weight is 546 g/mol. The molecular weight excluding hydrogens is 529 g/mol. The molecule has 0 aromatic heterocycles. The summed E-state index contributed by atoms with van der Waals surface area (Å²) in [5.41, 5.74) is 1.55. The van der Waals surface area contributed by atoms with E-state index in [0.717, 1.165) is 21.3 Å². The topological polar surface area (TPSA) is 38.8 Å². The van der Waals surface area contributed by atoms with Gasteiger partial charge in [-0.2, -0.15) is 0 Å². The molecule has 0 atom stereocenters. The smallest absolute Gasteiger partial charge is 0.270 e. The minimum atomic E-state index is -0.155. The molecule has 28 heavy (non-hydrogen) atoms. The molecule has 0 spiro atoms. The van der Waals surface area contributed by atoms with Gasteiger partial charge in [0, 0.05) is 5.02 Å². The molecule has 1 aliphatic rings. The lowest BCUT2D eigenvalue weighted by atomic mass is 10.1. The van der Waals surface area contributed by atoms with Gasteiger partial charge in [0.1, 0.15) is 0 Å². The summed E-state index contributed by atoms with van der Waals surface area (Å²) >= 11 is 14.8. The van der Waals surface area contributed by atoms with Crippen molar-refractivity contribution in [1.82, 2.24) is 0 Å². The third kappa shape index (κ3) is 4.64. The Balaban J connectivity index is 1.91. The number of halogens is 2. The average Bonchev–Trinajstić information content (AvgIpc) is 2.94. The van der Waals surface area contributed by atoms with Gasteiger partial charge in [-0.3, -0.25) is 9.69 Å². The highest BCUT2D eigenvalue weighted by Gasteiger charge is 2.33. The first-order chi connectivity index (χ1) is 13.4. The molecule has 0 bridgehead atoms. The first kappa shape index (κ1) is 21.4. The lowest BCUT2D eigenvalue weighted by Gasteiger charge is -2.14. The van der Waals surface area contributed by atoms with E-state index < -0.39 is 0 Å². The Bertz CT molecular complexity index is 947. The van der Waals surface area contributed by atoms with E-state index in [0.29, 0.717) is 32.3 Å². The van der Waals surface area contributed by atoms with Gasteiger partial charge >= 0.3 is 0 Å².